The van der Waals surface area contributed by atoms with Gasteiger partial charge in [-0.1, -0.05) is 6.92 Å². The summed E-state index contributed by atoms with van der Waals surface area (Å²) in [5.41, 5.74) is 3.98. The summed E-state index contributed by atoms with van der Waals surface area (Å²) in [6.07, 6.45) is 1.34. The lowest BCUT2D eigenvalue weighted by molar-refractivity contribution is 0.317. The molecule has 1 aromatic carbocycles. The number of aromatic nitrogens is 2. The zero-order valence-corrected chi connectivity index (χ0v) is 13.5. The second-order valence-electron chi connectivity index (χ2n) is 5.11. The summed E-state index contributed by atoms with van der Waals surface area (Å²) in [7, 11) is 0. The predicted octanol–water partition coefficient (Wildman–Crippen LogP) is 4.23. The van der Waals surface area contributed by atoms with E-state index in [1.54, 1.807) is 11.3 Å². The number of imidazole rings is 1. The molecule has 22 heavy (non-hydrogen) atoms. The lowest BCUT2D eigenvalue weighted by atomic mass is 10.1. The van der Waals surface area contributed by atoms with Gasteiger partial charge in [0, 0.05) is 16.6 Å². The van der Waals surface area contributed by atoms with Crippen LogP contribution in [0.5, 0.6) is 5.75 Å². The topological polar surface area (TPSA) is 50.3 Å². The molecule has 3 rings (SSSR count). The molecule has 0 spiro atoms. The van der Waals surface area contributed by atoms with Crippen molar-refractivity contribution in [2.45, 2.75) is 26.7 Å². The summed E-state index contributed by atoms with van der Waals surface area (Å²) in [6, 6.07) is 10.2. The number of hydrogen-bond donors (Lipinski definition) is 0. The zero-order chi connectivity index (χ0) is 15.5. The molecule has 0 aliphatic heterocycles. The summed E-state index contributed by atoms with van der Waals surface area (Å²) in [6.45, 7) is 4.85. The van der Waals surface area contributed by atoms with Crippen molar-refractivity contribution in [3.63, 3.8) is 0 Å². The molecule has 0 amide bonds. The highest BCUT2D eigenvalue weighted by atomic mass is 32.1. The molecule has 0 saturated carbocycles. The van der Waals surface area contributed by atoms with Gasteiger partial charge in [-0.3, -0.25) is 4.40 Å². The molecule has 0 radical (unpaired) electrons. The number of hydrogen-bond acceptors (Lipinski definition) is 4. The molecular weight excluding hydrogens is 294 g/mol. The molecule has 0 unspecified atom stereocenters. The van der Waals surface area contributed by atoms with Gasteiger partial charge in [-0.05, 0) is 37.6 Å². The van der Waals surface area contributed by atoms with Gasteiger partial charge in [0.1, 0.15) is 5.75 Å². The average Bonchev–Trinajstić information content (AvgIpc) is 3.07. The molecule has 2 aromatic heterocycles. The van der Waals surface area contributed by atoms with Crippen molar-refractivity contribution < 1.29 is 4.74 Å². The quantitative estimate of drug-likeness (QED) is 0.708. The van der Waals surface area contributed by atoms with Crippen LogP contribution in [-0.4, -0.2) is 16.0 Å². The molecular formula is C17H17N3OS. The van der Waals surface area contributed by atoms with Crippen molar-refractivity contribution in [2.24, 2.45) is 0 Å². The van der Waals surface area contributed by atoms with Gasteiger partial charge in [-0.15, -0.1) is 11.3 Å². The molecule has 0 bridgehead atoms. The van der Waals surface area contributed by atoms with Gasteiger partial charge in [-0.2, -0.15) is 5.26 Å². The van der Waals surface area contributed by atoms with Crippen LogP contribution in [0.3, 0.4) is 0 Å². The van der Waals surface area contributed by atoms with E-state index in [4.69, 9.17) is 15.0 Å². The van der Waals surface area contributed by atoms with Crippen molar-refractivity contribution in [2.75, 3.05) is 6.61 Å². The third kappa shape index (κ3) is 2.58. The van der Waals surface area contributed by atoms with E-state index in [9.17, 15) is 0 Å². The van der Waals surface area contributed by atoms with E-state index in [1.165, 1.54) is 0 Å². The summed E-state index contributed by atoms with van der Waals surface area (Å²) in [5.74, 6) is 0.865. The molecule has 2 heterocycles. The first-order valence-corrected chi connectivity index (χ1v) is 8.18. The Labute approximate surface area is 133 Å². The maximum atomic E-state index is 9.13. The standard InChI is InChI=1S/C17H17N3OS/c1-3-10-21-14-6-4-13(5-7-14)16-15(8-9-18)20-12(2)11-22-17(20)19-16/h4-7,11H,3,8,10H2,1-2H3. The van der Waals surface area contributed by atoms with E-state index in [1.807, 2.05) is 31.2 Å². The third-order valence-corrected chi connectivity index (χ3v) is 4.42. The highest BCUT2D eigenvalue weighted by molar-refractivity contribution is 7.15. The lowest BCUT2D eigenvalue weighted by Crippen LogP contribution is -1.96. The van der Waals surface area contributed by atoms with Gasteiger partial charge in [0.25, 0.3) is 0 Å². The van der Waals surface area contributed by atoms with Gasteiger partial charge in [0.05, 0.1) is 30.5 Å². The molecule has 0 atom stereocenters. The first-order valence-electron chi connectivity index (χ1n) is 7.30. The van der Waals surface area contributed by atoms with Crippen LogP contribution in [0, 0.1) is 18.3 Å². The number of nitriles is 1. The van der Waals surface area contributed by atoms with Crippen molar-refractivity contribution >= 4 is 16.3 Å². The van der Waals surface area contributed by atoms with Crippen LogP contribution >= 0.6 is 11.3 Å². The molecule has 4 nitrogen and oxygen atoms in total. The largest absolute Gasteiger partial charge is 0.494 e. The Morgan fingerprint density at radius 3 is 2.77 bits per heavy atom. The summed E-state index contributed by atoms with van der Waals surface area (Å²) in [5, 5.41) is 11.2. The average molecular weight is 311 g/mol. The van der Waals surface area contributed by atoms with Crippen LogP contribution in [-0.2, 0) is 6.42 Å². The zero-order valence-electron chi connectivity index (χ0n) is 12.7. The highest BCUT2D eigenvalue weighted by Gasteiger charge is 2.16. The Bertz CT molecular complexity index is 824. The van der Waals surface area contributed by atoms with Crippen molar-refractivity contribution in [1.82, 2.24) is 9.38 Å². The minimum absolute atomic E-state index is 0.349. The Morgan fingerprint density at radius 2 is 2.09 bits per heavy atom. The van der Waals surface area contributed by atoms with E-state index in [0.29, 0.717) is 6.42 Å². The van der Waals surface area contributed by atoms with Crippen molar-refractivity contribution in [3.8, 4) is 23.1 Å². The monoisotopic (exact) mass is 311 g/mol. The van der Waals surface area contributed by atoms with Gasteiger partial charge < -0.3 is 4.74 Å². The predicted molar refractivity (Wildman–Crippen MR) is 88.3 cm³/mol. The molecule has 0 aliphatic rings. The molecule has 112 valence electrons. The SMILES string of the molecule is CCCOc1ccc(-c2nc3scc(C)n3c2CC#N)cc1. The van der Waals surface area contributed by atoms with Gasteiger partial charge >= 0.3 is 0 Å². The Balaban J connectivity index is 2.02. The lowest BCUT2D eigenvalue weighted by Gasteiger charge is -2.06. The molecule has 0 aliphatic carbocycles. The number of aryl methyl sites for hydroxylation is 1. The third-order valence-electron chi connectivity index (χ3n) is 3.48. The van der Waals surface area contributed by atoms with Crippen molar-refractivity contribution in [1.29, 1.82) is 5.26 Å². The van der Waals surface area contributed by atoms with Crippen LogP contribution in [0.15, 0.2) is 29.6 Å². The summed E-state index contributed by atoms with van der Waals surface area (Å²) in [4.78, 5) is 5.64. The van der Waals surface area contributed by atoms with Crippen LogP contribution in [0.2, 0.25) is 0 Å². The summed E-state index contributed by atoms with van der Waals surface area (Å²) < 4.78 is 7.69. The highest BCUT2D eigenvalue weighted by Crippen LogP contribution is 2.29. The number of benzene rings is 1. The van der Waals surface area contributed by atoms with Gasteiger partial charge in [0.2, 0.25) is 0 Å². The normalized spacial score (nSPS) is 10.8. The van der Waals surface area contributed by atoms with E-state index < -0.39 is 0 Å². The fourth-order valence-corrected chi connectivity index (χ4v) is 3.35. The summed E-state index contributed by atoms with van der Waals surface area (Å²) >= 11 is 1.60. The minimum Gasteiger partial charge on any atom is -0.494 e. The number of fused-ring (bicyclic) bond motifs is 1. The fourth-order valence-electron chi connectivity index (χ4n) is 2.46. The minimum atomic E-state index is 0.349. The van der Waals surface area contributed by atoms with Gasteiger partial charge in [0.15, 0.2) is 4.96 Å². The molecule has 5 heteroatoms. The second kappa shape index (κ2) is 6.20. The maximum absolute atomic E-state index is 9.13. The van der Waals surface area contributed by atoms with E-state index in [0.717, 1.165) is 46.4 Å². The maximum Gasteiger partial charge on any atom is 0.194 e. The number of ether oxygens (including phenoxy) is 1. The Hall–Kier alpha value is -2.32. The van der Waals surface area contributed by atoms with E-state index >= 15 is 0 Å². The van der Waals surface area contributed by atoms with Gasteiger partial charge in [-0.25, -0.2) is 4.98 Å². The number of thiazole rings is 1. The van der Waals surface area contributed by atoms with E-state index in [2.05, 4.69) is 22.8 Å². The smallest absolute Gasteiger partial charge is 0.194 e. The second-order valence-corrected chi connectivity index (χ2v) is 5.95. The Kier molecular flexibility index (Phi) is 4.12. The Morgan fingerprint density at radius 1 is 1.32 bits per heavy atom. The van der Waals surface area contributed by atoms with Crippen LogP contribution in [0.4, 0.5) is 0 Å². The van der Waals surface area contributed by atoms with Crippen molar-refractivity contribution in [3.05, 3.63) is 41.0 Å². The van der Waals surface area contributed by atoms with Crippen LogP contribution < -0.4 is 4.74 Å². The molecule has 0 saturated heterocycles. The fraction of sp³-hybridized carbons (Fsp3) is 0.294. The number of nitrogens with zero attached hydrogens (tertiary/aromatic N) is 3. The first kappa shape index (κ1) is 14.6. The first-order chi connectivity index (χ1) is 10.7. The van der Waals surface area contributed by atoms with E-state index in [-0.39, 0.29) is 0 Å². The van der Waals surface area contributed by atoms with Crippen LogP contribution in [0.1, 0.15) is 24.7 Å². The van der Waals surface area contributed by atoms with Crippen LogP contribution in [0.25, 0.3) is 16.2 Å². The molecule has 3 aromatic rings. The molecule has 0 N–H and O–H groups in total. The molecule has 0 fully saturated rings. The number of rotatable bonds is 5.